The maximum absolute atomic E-state index is 12.4. The van der Waals surface area contributed by atoms with Gasteiger partial charge in [0.05, 0.1) is 16.3 Å². The summed E-state index contributed by atoms with van der Waals surface area (Å²) in [6.45, 7) is 9.08. The highest BCUT2D eigenvalue weighted by Crippen LogP contribution is 2.44. The fourth-order valence-corrected chi connectivity index (χ4v) is 5.78. The number of anilines is 1. The molecular formula is C19H28N8O2S. The summed E-state index contributed by atoms with van der Waals surface area (Å²) in [5.74, 6) is 0.870. The van der Waals surface area contributed by atoms with E-state index in [4.69, 9.17) is 10.9 Å². The number of nitrogens with zero attached hydrogens (tertiary/aromatic N) is 5. The van der Waals surface area contributed by atoms with Crippen molar-refractivity contribution >= 4 is 15.7 Å². The van der Waals surface area contributed by atoms with E-state index in [0.717, 1.165) is 57.5 Å². The number of hydrogen-bond donors (Lipinski definition) is 3. The Labute approximate surface area is 176 Å². The van der Waals surface area contributed by atoms with E-state index in [1.54, 1.807) is 13.0 Å². The maximum Gasteiger partial charge on any atom is 0.239 e. The standard InChI is InChI=1S/C19H28N8O2S/c1-13-3-4-15(16(17(13)30(21,28)29)18-22-24-25-23-18)27-11-7-19(8-12-27)5-9-26(10-6-19)14(2)20/h3-4H,2,5-12,20H2,1H3,(H2,21,28,29)(H,22,23,24,25). The van der Waals surface area contributed by atoms with Gasteiger partial charge in [-0.2, -0.15) is 5.21 Å². The molecule has 3 heterocycles. The van der Waals surface area contributed by atoms with Crippen LogP contribution in [0.5, 0.6) is 0 Å². The van der Waals surface area contributed by atoms with Crippen molar-refractivity contribution in [2.24, 2.45) is 16.3 Å². The topological polar surface area (TPSA) is 147 Å². The van der Waals surface area contributed by atoms with Crippen LogP contribution in [0.3, 0.4) is 0 Å². The maximum atomic E-state index is 12.4. The lowest BCUT2D eigenvalue weighted by Gasteiger charge is -2.48. The molecule has 5 N–H and O–H groups in total. The van der Waals surface area contributed by atoms with E-state index >= 15 is 0 Å². The van der Waals surface area contributed by atoms with E-state index in [-0.39, 0.29) is 10.7 Å². The molecule has 0 unspecified atom stereocenters. The Morgan fingerprint density at radius 3 is 2.33 bits per heavy atom. The molecule has 2 aromatic rings. The van der Waals surface area contributed by atoms with Gasteiger partial charge in [-0.25, -0.2) is 13.6 Å². The van der Waals surface area contributed by atoms with Crippen LogP contribution in [0.2, 0.25) is 0 Å². The van der Waals surface area contributed by atoms with Crippen molar-refractivity contribution in [1.82, 2.24) is 25.5 Å². The molecule has 0 radical (unpaired) electrons. The van der Waals surface area contributed by atoms with Gasteiger partial charge in [0.15, 0.2) is 0 Å². The number of primary sulfonamides is 1. The van der Waals surface area contributed by atoms with Crippen LogP contribution < -0.4 is 15.8 Å². The number of piperidine rings is 2. The summed E-state index contributed by atoms with van der Waals surface area (Å²) in [7, 11) is -3.97. The monoisotopic (exact) mass is 432 g/mol. The Balaban J connectivity index is 1.63. The molecule has 0 atom stereocenters. The Morgan fingerprint density at radius 2 is 1.80 bits per heavy atom. The SMILES string of the molecule is C=C(N)N1CCC2(CC1)CCN(c1ccc(C)c(S(N)(=O)=O)c1-c1nn[nH]n1)CC2. The molecule has 2 fully saturated rings. The van der Waals surface area contributed by atoms with E-state index in [0.29, 0.717) is 22.4 Å². The number of likely N-dealkylation sites (tertiary alicyclic amines) is 1. The summed E-state index contributed by atoms with van der Waals surface area (Å²) >= 11 is 0. The Kier molecular flexibility index (Phi) is 5.18. The summed E-state index contributed by atoms with van der Waals surface area (Å²) in [6.07, 6.45) is 4.24. The molecular weight excluding hydrogens is 404 g/mol. The first-order valence-corrected chi connectivity index (χ1v) is 11.6. The van der Waals surface area contributed by atoms with Crippen molar-refractivity contribution in [2.45, 2.75) is 37.5 Å². The summed E-state index contributed by atoms with van der Waals surface area (Å²) in [5.41, 5.74) is 7.89. The van der Waals surface area contributed by atoms with E-state index < -0.39 is 10.0 Å². The van der Waals surface area contributed by atoms with Gasteiger partial charge in [-0.15, -0.1) is 10.2 Å². The Hall–Kier alpha value is -2.66. The van der Waals surface area contributed by atoms with Gasteiger partial charge in [0.25, 0.3) is 0 Å². The number of aryl methyl sites for hydroxylation is 1. The third-order valence-electron chi connectivity index (χ3n) is 6.58. The molecule has 0 bridgehead atoms. The highest BCUT2D eigenvalue weighted by molar-refractivity contribution is 7.89. The van der Waals surface area contributed by atoms with Crippen molar-refractivity contribution in [1.29, 1.82) is 0 Å². The lowest BCUT2D eigenvalue weighted by atomic mass is 9.71. The summed E-state index contributed by atoms with van der Waals surface area (Å²) in [6, 6.07) is 3.71. The predicted octanol–water partition coefficient (Wildman–Crippen LogP) is 0.935. The van der Waals surface area contributed by atoms with Crippen LogP contribution in [0.15, 0.2) is 29.4 Å². The van der Waals surface area contributed by atoms with E-state index in [9.17, 15) is 8.42 Å². The van der Waals surface area contributed by atoms with E-state index in [2.05, 4.69) is 37.0 Å². The van der Waals surface area contributed by atoms with Gasteiger partial charge < -0.3 is 15.5 Å². The number of nitrogens with one attached hydrogen (secondary N) is 1. The van der Waals surface area contributed by atoms with Crippen LogP contribution in [0.4, 0.5) is 5.69 Å². The molecule has 2 aliphatic rings. The number of nitrogens with two attached hydrogens (primary N) is 2. The molecule has 4 rings (SSSR count). The number of aromatic nitrogens is 4. The minimum Gasteiger partial charge on any atom is -0.386 e. The van der Waals surface area contributed by atoms with Crippen molar-refractivity contribution in [2.75, 3.05) is 31.1 Å². The van der Waals surface area contributed by atoms with Crippen LogP contribution in [-0.2, 0) is 10.0 Å². The van der Waals surface area contributed by atoms with Crippen LogP contribution in [0.25, 0.3) is 11.4 Å². The van der Waals surface area contributed by atoms with Crippen LogP contribution in [0, 0.1) is 12.3 Å². The second kappa shape index (κ2) is 7.55. The van der Waals surface area contributed by atoms with Crippen LogP contribution >= 0.6 is 0 Å². The average molecular weight is 433 g/mol. The first-order chi connectivity index (χ1) is 14.2. The summed E-state index contributed by atoms with van der Waals surface area (Å²) in [4.78, 5) is 4.40. The van der Waals surface area contributed by atoms with Crippen molar-refractivity contribution in [3.8, 4) is 11.4 Å². The fraction of sp³-hybridized carbons (Fsp3) is 0.526. The molecule has 162 valence electrons. The van der Waals surface area contributed by atoms with Gasteiger partial charge >= 0.3 is 0 Å². The predicted molar refractivity (Wildman–Crippen MR) is 114 cm³/mol. The summed E-state index contributed by atoms with van der Waals surface area (Å²) in [5, 5.41) is 19.7. The minimum absolute atomic E-state index is 0.0523. The second-order valence-electron chi connectivity index (χ2n) is 8.35. The number of tetrazole rings is 1. The molecule has 11 heteroatoms. The number of sulfonamides is 1. The first-order valence-electron chi connectivity index (χ1n) is 10.0. The zero-order valence-electron chi connectivity index (χ0n) is 17.1. The van der Waals surface area contributed by atoms with Gasteiger partial charge in [-0.1, -0.05) is 12.6 Å². The Morgan fingerprint density at radius 1 is 1.17 bits per heavy atom. The van der Waals surface area contributed by atoms with Crippen molar-refractivity contribution < 1.29 is 8.42 Å². The van der Waals surface area contributed by atoms with Gasteiger partial charge in [-0.05, 0) is 54.9 Å². The van der Waals surface area contributed by atoms with Crippen LogP contribution in [0.1, 0.15) is 31.2 Å². The minimum atomic E-state index is -3.97. The van der Waals surface area contributed by atoms with Gasteiger partial charge in [0.2, 0.25) is 15.8 Å². The van der Waals surface area contributed by atoms with E-state index in [1.807, 2.05) is 6.07 Å². The number of H-pyrrole nitrogens is 1. The number of hydrogen-bond acceptors (Lipinski definition) is 8. The molecule has 0 amide bonds. The zero-order chi connectivity index (χ0) is 21.5. The molecule has 1 spiro atoms. The normalized spacial score (nSPS) is 19.3. The lowest BCUT2D eigenvalue weighted by Crippen LogP contribution is -2.47. The average Bonchev–Trinajstić information content (AvgIpc) is 3.22. The molecule has 0 aliphatic carbocycles. The highest BCUT2D eigenvalue weighted by Gasteiger charge is 2.38. The van der Waals surface area contributed by atoms with Gasteiger partial charge in [0.1, 0.15) is 0 Å². The molecule has 1 aromatic carbocycles. The summed E-state index contributed by atoms with van der Waals surface area (Å²) < 4.78 is 24.8. The molecule has 0 saturated carbocycles. The third-order valence-corrected chi connectivity index (χ3v) is 7.68. The van der Waals surface area contributed by atoms with Gasteiger partial charge in [0, 0.05) is 31.9 Å². The van der Waals surface area contributed by atoms with Crippen LogP contribution in [-0.4, -0.2) is 60.1 Å². The molecule has 1 aromatic heterocycles. The molecule has 2 saturated heterocycles. The van der Waals surface area contributed by atoms with E-state index in [1.165, 1.54) is 0 Å². The number of aromatic amines is 1. The molecule has 2 aliphatic heterocycles. The van der Waals surface area contributed by atoms with Crippen molar-refractivity contribution in [3.05, 3.63) is 30.1 Å². The number of benzene rings is 1. The highest BCUT2D eigenvalue weighted by atomic mass is 32.2. The smallest absolute Gasteiger partial charge is 0.239 e. The van der Waals surface area contributed by atoms with Gasteiger partial charge in [-0.3, -0.25) is 0 Å². The second-order valence-corrected chi connectivity index (χ2v) is 9.85. The third kappa shape index (κ3) is 3.74. The van der Waals surface area contributed by atoms with Crippen molar-refractivity contribution in [3.63, 3.8) is 0 Å². The first kappa shape index (κ1) is 20.6. The lowest BCUT2D eigenvalue weighted by molar-refractivity contribution is 0.0976. The number of rotatable bonds is 4. The largest absolute Gasteiger partial charge is 0.386 e. The molecule has 30 heavy (non-hydrogen) atoms. The zero-order valence-corrected chi connectivity index (χ0v) is 18.0. The molecule has 10 nitrogen and oxygen atoms in total. The fourth-order valence-electron chi connectivity index (χ4n) is 4.78. The quantitative estimate of drug-likeness (QED) is 0.646. The Bertz CT molecular complexity index is 1030.